The topological polar surface area (TPSA) is 80.3 Å². The van der Waals surface area contributed by atoms with E-state index in [1.54, 1.807) is 30.3 Å². The fourth-order valence-corrected chi connectivity index (χ4v) is 4.79. The summed E-state index contributed by atoms with van der Waals surface area (Å²) in [5.74, 6) is -0.512. The maximum absolute atomic E-state index is 13.5. The first-order valence-electron chi connectivity index (χ1n) is 9.76. The molecule has 0 aliphatic carbocycles. The van der Waals surface area contributed by atoms with Crippen molar-refractivity contribution in [3.8, 4) is 5.75 Å². The Balaban J connectivity index is 1.43. The Morgan fingerprint density at radius 3 is 2.53 bits per heavy atom. The molecule has 1 atom stereocenters. The molecule has 162 valence electrons. The van der Waals surface area contributed by atoms with Crippen LogP contribution in [-0.2, 0) is 10.0 Å². The summed E-state index contributed by atoms with van der Waals surface area (Å²) in [5.41, 5.74) is 1.84. The van der Waals surface area contributed by atoms with Crippen molar-refractivity contribution < 1.29 is 21.9 Å². The zero-order valence-corrected chi connectivity index (χ0v) is 17.4. The van der Waals surface area contributed by atoms with Crippen LogP contribution in [0.2, 0.25) is 0 Å². The largest absolute Gasteiger partial charge is 0.491 e. The Labute approximate surface area is 182 Å². The summed E-state index contributed by atoms with van der Waals surface area (Å²) in [5, 5.41) is 3.88. The first kappa shape index (κ1) is 20.2. The van der Waals surface area contributed by atoms with Crippen molar-refractivity contribution in [2.75, 3.05) is 16.6 Å². The van der Waals surface area contributed by atoms with Crippen LogP contribution in [0.5, 0.6) is 5.75 Å². The van der Waals surface area contributed by atoms with Crippen molar-refractivity contribution in [2.24, 2.45) is 0 Å². The number of fused-ring (bicyclic) bond motifs is 2. The van der Waals surface area contributed by atoms with Crippen LogP contribution in [0.3, 0.4) is 0 Å². The Hall–Kier alpha value is -3.72. The first-order chi connectivity index (χ1) is 15.4. The van der Waals surface area contributed by atoms with Crippen molar-refractivity contribution in [1.29, 1.82) is 0 Å². The van der Waals surface area contributed by atoms with E-state index in [4.69, 9.17) is 4.74 Å². The lowest BCUT2D eigenvalue weighted by molar-refractivity contribution is 0.339. The molecule has 1 aliphatic heterocycles. The van der Waals surface area contributed by atoms with Crippen LogP contribution in [-0.4, -0.2) is 20.0 Å². The Kier molecular flexibility index (Phi) is 4.90. The third kappa shape index (κ3) is 3.82. The van der Waals surface area contributed by atoms with Gasteiger partial charge in [-0.1, -0.05) is 24.3 Å². The molecule has 32 heavy (non-hydrogen) atoms. The lowest BCUT2D eigenvalue weighted by atomic mass is 10.1. The van der Waals surface area contributed by atoms with Crippen LogP contribution in [0, 0.1) is 11.6 Å². The number of nitrogens with one attached hydrogen (secondary N) is 2. The second kappa shape index (κ2) is 7.76. The molecule has 0 spiro atoms. The number of pyridine rings is 1. The maximum Gasteiger partial charge on any atom is 0.262 e. The van der Waals surface area contributed by atoms with Gasteiger partial charge in [-0.15, -0.1) is 0 Å². The minimum atomic E-state index is -4.20. The quantitative estimate of drug-likeness (QED) is 0.451. The number of hydrogen-bond donors (Lipinski definition) is 2. The van der Waals surface area contributed by atoms with E-state index >= 15 is 0 Å². The predicted octanol–water partition coefficient (Wildman–Crippen LogP) is 4.86. The van der Waals surface area contributed by atoms with Gasteiger partial charge in [-0.05, 0) is 42.5 Å². The van der Waals surface area contributed by atoms with Crippen LogP contribution in [0.1, 0.15) is 11.6 Å². The molecule has 0 saturated heterocycles. The van der Waals surface area contributed by atoms with E-state index in [0.717, 1.165) is 23.4 Å². The normalized spacial score (nSPS) is 15.2. The smallest absolute Gasteiger partial charge is 0.262 e. The molecular weight excluding hydrogens is 436 g/mol. The van der Waals surface area contributed by atoms with E-state index in [2.05, 4.69) is 15.0 Å². The van der Waals surface area contributed by atoms with Gasteiger partial charge >= 0.3 is 0 Å². The highest BCUT2D eigenvalue weighted by molar-refractivity contribution is 7.92. The third-order valence-corrected chi connectivity index (χ3v) is 6.49. The molecule has 6 nitrogen and oxygen atoms in total. The van der Waals surface area contributed by atoms with Crippen LogP contribution in [0.25, 0.3) is 10.9 Å². The molecule has 1 aromatic heterocycles. The van der Waals surface area contributed by atoms with Crippen molar-refractivity contribution in [3.63, 3.8) is 0 Å². The number of anilines is 2. The van der Waals surface area contributed by atoms with Crippen LogP contribution in [0.15, 0.2) is 77.7 Å². The van der Waals surface area contributed by atoms with E-state index in [0.29, 0.717) is 29.4 Å². The minimum absolute atomic E-state index is 0.0549. The summed E-state index contributed by atoms with van der Waals surface area (Å²) in [6, 6.07) is 18.3. The van der Waals surface area contributed by atoms with E-state index in [9.17, 15) is 17.2 Å². The Morgan fingerprint density at radius 1 is 0.938 bits per heavy atom. The summed E-state index contributed by atoms with van der Waals surface area (Å²) >= 11 is 0. The molecule has 4 aromatic rings. The number of aromatic nitrogens is 1. The van der Waals surface area contributed by atoms with Crippen LogP contribution < -0.4 is 14.8 Å². The average molecular weight is 453 g/mol. The lowest BCUT2D eigenvalue weighted by Gasteiger charge is -2.14. The molecular formula is C23H17F2N3O3S. The van der Waals surface area contributed by atoms with Gasteiger partial charge in [0.15, 0.2) is 0 Å². The third-order valence-electron chi connectivity index (χ3n) is 5.14. The maximum atomic E-state index is 13.5. The van der Waals surface area contributed by atoms with Crippen molar-refractivity contribution in [1.82, 2.24) is 4.98 Å². The molecule has 5 rings (SSSR count). The van der Waals surface area contributed by atoms with Crippen molar-refractivity contribution in [2.45, 2.75) is 10.9 Å². The second-order valence-electron chi connectivity index (χ2n) is 7.33. The predicted molar refractivity (Wildman–Crippen MR) is 117 cm³/mol. The zero-order chi connectivity index (χ0) is 22.3. The van der Waals surface area contributed by atoms with Gasteiger partial charge in [0.2, 0.25) is 0 Å². The van der Waals surface area contributed by atoms with E-state index in [-0.39, 0.29) is 11.7 Å². The first-order valence-corrected chi connectivity index (χ1v) is 11.2. The SMILES string of the molecule is O=S(=O)(Nc1cccc2nc(NC3COc4ccccc43)ccc12)c1cc(F)cc(F)c1. The van der Waals surface area contributed by atoms with Gasteiger partial charge in [0.25, 0.3) is 10.0 Å². The van der Waals surface area contributed by atoms with Gasteiger partial charge < -0.3 is 10.1 Å². The molecule has 0 radical (unpaired) electrons. The highest BCUT2D eigenvalue weighted by Crippen LogP contribution is 2.34. The standard InChI is InChI=1S/C23H17F2N3O3S/c24-14-10-15(25)12-16(11-14)32(29,30)28-20-6-3-5-19-17(20)8-9-23(26-19)27-21-13-31-22-7-2-1-4-18(21)22/h1-12,21,28H,13H2,(H,26,27). The molecule has 1 aliphatic rings. The van der Waals surface area contributed by atoms with Crippen molar-refractivity contribution in [3.05, 3.63) is 90.0 Å². The second-order valence-corrected chi connectivity index (χ2v) is 9.01. The molecule has 2 N–H and O–H groups in total. The molecule has 0 saturated carbocycles. The number of nitrogens with zero attached hydrogens (tertiary/aromatic N) is 1. The average Bonchev–Trinajstić information content (AvgIpc) is 3.16. The number of benzene rings is 3. The Bertz CT molecular complexity index is 1420. The van der Waals surface area contributed by atoms with Crippen molar-refractivity contribution >= 4 is 32.4 Å². The minimum Gasteiger partial charge on any atom is -0.491 e. The zero-order valence-electron chi connectivity index (χ0n) is 16.5. The summed E-state index contributed by atoms with van der Waals surface area (Å²) in [7, 11) is -4.20. The summed E-state index contributed by atoms with van der Waals surface area (Å²) < 4.78 is 60.4. The van der Waals surface area contributed by atoms with Gasteiger partial charge in [-0.25, -0.2) is 22.2 Å². The molecule has 0 fully saturated rings. The van der Waals surface area contributed by atoms with Gasteiger partial charge in [-0.3, -0.25) is 4.72 Å². The molecule has 1 unspecified atom stereocenters. The van der Waals surface area contributed by atoms with E-state index in [1.165, 1.54) is 0 Å². The van der Waals surface area contributed by atoms with Crippen LogP contribution >= 0.6 is 0 Å². The molecule has 0 amide bonds. The molecule has 0 bridgehead atoms. The van der Waals surface area contributed by atoms with Crippen LogP contribution in [0.4, 0.5) is 20.3 Å². The highest BCUT2D eigenvalue weighted by Gasteiger charge is 2.24. The number of rotatable bonds is 5. The Morgan fingerprint density at radius 2 is 1.72 bits per heavy atom. The number of hydrogen-bond acceptors (Lipinski definition) is 5. The summed E-state index contributed by atoms with van der Waals surface area (Å²) in [4.78, 5) is 4.08. The number of halogens is 2. The van der Waals surface area contributed by atoms with E-state index < -0.39 is 26.6 Å². The fourth-order valence-electron chi connectivity index (χ4n) is 3.67. The highest BCUT2D eigenvalue weighted by atomic mass is 32.2. The number of ether oxygens (including phenoxy) is 1. The monoisotopic (exact) mass is 453 g/mol. The summed E-state index contributed by atoms with van der Waals surface area (Å²) in [6.45, 7) is 0.475. The molecule has 3 aromatic carbocycles. The molecule has 9 heteroatoms. The van der Waals surface area contributed by atoms with Gasteiger partial charge in [0.05, 0.1) is 22.1 Å². The fraction of sp³-hybridized carbons (Fsp3) is 0.0870. The van der Waals surface area contributed by atoms with Gasteiger partial charge in [-0.2, -0.15) is 0 Å². The number of sulfonamides is 1. The summed E-state index contributed by atoms with van der Waals surface area (Å²) in [6.07, 6.45) is 0. The number of para-hydroxylation sites is 1. The van der Waals surface area contributed by atoms with E-state index in [1.807, 2.05) is 24.3 Å². The lowest BCUT2D eigenvalue weighted by Crippen LogP contribution is -2.14. The molecule has 2 heterocycles. The van der Waals surface area contributed by atoms with Gasteiger partial charge in [0.1, 0.15) is 29.8 Å². The van der Waals surface area contributed by atoms with Gasteiger partial charge in [0, 0.05) is 17.0 Å².